The van der Waals surface area contributed by atoms with E-state index in [1.807, 2.05) is 30.0 Å². The van der Waals surface area contributed by atoms with Crippen LogP contribution in [0.3, 0.4) is 0 Å². The van der Waals surface area contributed by atoms with Gasteiger partial charge in [0.1, 0.15) is 18.0 Å². The molecule has 200 valence electrons. The number of H-pyrrole nitrogens is 1. The predicted octanol–water partition coefficient (Wildman–Crippen LogP) is 6.36. The van der Waals surface area contributed by atoms with Crippen LogP contribution in [0.15, 0.2) is 36.7 Å². The minimum Gasteiger partial charge on any atom is -0.360 e. The number of carbonyl (C=O) groups excluding carboxylic acids is 1. The minimum absolute atomic E-state index is 0.0684. The van der Waals surface area contributed by atoms with Crippen LogP contribution in [-0.2, 0) is 0 Å². The number of piperidine rings is 1. The molecule has 1 aliphatic heterocycles. The molecule has 10 heteroatoms. The highest BCUT2D eigenvalue weighted by molar-refractivity contribution is 6.35. The first-order chi connectivity index (χ1) is 18.3. The normalized spacial score (nSPS) is 18.2. The van der Waals surface area contributed by atoms with Crippen LogP contribution in [0.25, 0.3) is 21.9 Å². The van der Waals surface area contributed by atoms with Crippen LogP contribution in [0.2, 0.25) is 10.0 Å². The van der Waals surface area contributed by atoms with Gasteiger partial charge in [-0.05, 0) is 75.4 Å². The lowest BCUT2D eigenvalue weighted by atomic mass is 9.72. The average molecular weight is 555 g/mol. The molecule has 38 heavy (non-hydrogen) atoms. The molecule has 2 aromatic carbocycles. The molecule has 0 aliphatic carbocycles. The van der Waals surface area contributed by atoms with Crippen molar-refractivity contribution in [2.75, 3.05) is 18.4 Å². The number of nitrogens with one attached hydrogen (secondary N) is 2. The van der Waals surface area contributed by atoms with E-state index in [-0.39, 0.29) is 23.4 Å². The number of carbonyl (C=O) groups is 1. The van der Waals surface area contributed by atoms with E-state index in [1.165, 1.54) is 6.33 Å². The van der Waals surface area contributed by atoms with Crippen LogP contribution >= 0.6 is 23.2 Å². The number of fused-ring (bicyclic) bond motifs is 2. The molecule has 0 saturated carbocycles. The molecule has 2 aromatic heterocycles. The lowest BCUT2D eigenvalue weighted by Crippen LogP contribution is -2.60. The fraction of sp³-hybridized carbons (Fsp3) is 0.429. The quantitative estimate of drug-likeness (QED) is 0.245. The van der Waals surface area contributed by atoms with E-state index in [9.17, 15) is 4.79 Å². The lowest BCUT2D eigenvalue weighted by molar-refractivity contribution is -0.00121. The summed E-state index contributed by atoms with van der Waals surface area (Å²) in [5.41, 5.74) is 8.69. The van der Waals surface area contributed by atoms with Crippen molar-refractivity contribution in [1.82, 2.24) is 24.8 Å². The van der Waals surface area contributed by atoms with Crippen LogP contribution in [0.4, 0.5) is 5.82 Å². The second kappa shape index (κ2) is 10.7. The Balaban J connectivity index is 1.47. The third-order valence-corrected chi connectivity index (χ3v) is 8.71. The summed E-state index contributed by atoms with van der Waals surface area (Å²) in [5, 5.41) is 5.17. The highest BCUT2D eigenvalue weighted by atomic mass is 35.5. The Hall–Kier alpha value is -2.94. The van der Waals surface area contributed by atoms with Crippen LogP contribution in [0.5, 0.6) is 0 Å². The zero-order valence-corrected chi connectivity index (χ0v) is 23.4. The largest absolute Gasteiger partial charge is 0.360 e. The summed E-state index contributed by atoms with van der Waals surface area (Å²) in [6, 6.07) is 8.92. The van der Waals surface area contributed by atoms with E-state index in [0.29, 0.717) is 40.0 Å². The van der Waals surface area contributed by atoms with E-state index in [0.717, 1.165) is 47.9 Å². The molecule has 2 atom stereocenters. The fourth-order valence-corrected chi connectivity index (χ4v) is 6.46. The van der Waals surface area contributed by atoms with Gasteiger partial charge in [0.05, 0.1) is 33.2 Å². The van der Waals surface area contributed by atoms with Gasteiger partial charge in [-0.3, -0.25) is 4.79 Å². The summed E-state index contributed by atoms with van der Waals surface area (Å²) >= 11 is 12.9. The third-order valence-electron chi connectivity index (χ3n) is 8.17. The molecular formula is C28H33Cl2N7O. The number of benzene rings is 2. The molecule has 5 rings (SSSR count). The van der Waals surface area contributed by atoms with E-state index in [1.54, 1.807) is 12.1 Å². The Bertz CT molecular complexity index is 1480. The number of halogens is 2. The predicted molar refractivity (Wildman–Crippen MR) is 154 cm³/mol. The van der Waals surface area contributed by atoms with Gasteiger partial charge >= 0.3 is 0 Å². The molecule has 1 amide bonds. The first-order valence-corrected chi connectivity index (χ1v) is 13.9. The maximum atomic E-state index is 13.9. The fourth-order valence-electron chi connectivity index (χ4n) is 6.04. The summed E-state index contributed by atoms with van der Waals surface area (Å²) in [6.45, 7) is 7.54. The van der Waals surface area contributed by atoms with Crippen LogP contribution in [0, 0.1) is 5.92 Å². The van der Waals surface area contributed by atoms with E-state index in [2.05, 4.69) is 39.1 Å². The van der Waals surface area contributed by atoms with Crippen molar-refractivity contribution < 1.29 is 4.79 Å². The maximum absolute atomic E-state index is 13.9. The molecule has 4 aromatic rings. The molecule has 0 bridgehead atoms. The van der Waals surface area contributed by atoms with Gasteiger partial charge in [-0.25, -0.2) is 15.0 Å². The summed E-state index contributed by atoms with van der Waals surface area (Å²) in [5.74, 6) is 1.56. The monoisotopic (exact) mass is 553 g/mol. The molecule has 8 nitrogen and oxygen atoms in total. The van der Waals surface area contributed by atoms with Gasteiger partial charge in [0.15, 0.2) is 0 Å². The number of likely N-dealkylation sites (tertiary alicyclic amines) is 1. The summed E-state index contributed by atoms with van der Waals surface area (Å²) in [6.07, 6.45) is 5.16. The highest BCUT2D eigenvalue weighted by Gasteiger charge is 2.45. The van der Waals surface area contributed by atoms with Crippen LogP contribution in [0.1, 0.15) is 68.7 Å². The van der Waals surface area contributed by atoms with E-state index < -0.39 is 0 Å². The zero-order valence-electron chi connectivity index (χ0n) is 21.9. The minimum atomic E-state index is -0.271. The Morgan fingerprint density at radius 2 is 2.00 bits per heavy atom. The van der Waals surface area contributed by atoms with Gasteiger partial charge in [0, 0.05) is 22.5 Å². The van der Waals surface area contributed by atoms with Crippen LogP contribution in [-0.4, -0.2) is 49.4 Å². The number of anilines is 1. The van der Waals surface area contributed by atoms with Gasteiger partial charge < -0.3 is 20.9 Å². The summed E-state index contributed by atoms with van der Waals surface area (Å²) in [4.78, 5) is 32.9. The zero-order chi connectivity index (χ0) is 27.0. The molecule has 4 N–H and O–H groups in total. The second-order valence-electron chi connectivity index (χ2n) is 10.1. The molecule has 3 heterocycles. The summed E-state index contributed by atoms with van der Waals surface area (Å²) < 4.78 is 0. The lowest BCUT2D eigenvalue weighted by Gasteiger charge is -2.51. The number of aromatic amines is 1. The average Bonchev–Trinajstić information content (AvgIpc) is 3.35. The van der Waals surface area contributed by atoms with Crippen molar-refractivity contribution in [3.63, 3.8) is 0 Å². The number of amides is 1. The van der Waals surface area contributed by atoms with Crippen molar-refractivity contribution in [2.45, 2.75) is 58.0 Å². The maximum Gasteiger partial charge on any atom is 0.255 e. The third kappa shape index (κ3) is 4.59. The van der Waals surface area contributed by atoms with Gasteiger partial charge in [-0.2, -0.15) is 0 Å². The van der Waals surface area contributed by atoms with Crippen molar-refractivity contribution in [2.24, 2.45) is 11.7 Å². The Labute approximate surface area is 232 Å². The number of nitrogens with zero attached hydrogens (tertiary/aromatic N) is 4. The Morgan fingerprint density at radius 3 is 2.74 bits per heavy atom. The number of imidazole rings is 1. The smallest absolute Gasteiger partial charge is 0.255 e. The molecule has 0 spiro atoms. The second-order valence-corrected chi connectivity index (χ2v) is 10.9. The van der Waals surface area contributed by atoms with Gasteiger partial charge in [-0.15, -0.1) is 0 Å². The van der Waals surface area contributed by atoms with Crippen molar-refractivity contribution >= 4 is 56.9 Å². The molecule has 1 saturated heterocycles. The SMILES string of the molecule is CCC1(CC)[C@H](CN)CCCN1C(=O)c1cc2ncnc(N[C@H](C)c3nc4ccc(Cl)cc4[nH]3)c2cc1Cl. The van der Waals surface area contributed by atoms with E-state index in [4.69, 9.17) is 28.9 Å². The van der Waals surface area contributed by atoms with Gasteiger partial charge in [-0.1, -0.05) is 37.0 Å². The molecule has 0 unspecified atom stereocenters. The highest BCUT2D eigenvalue weighted by Crippen LogP contribution is 2.40. The van der Waals surface area contributed by atoms with Crippen molar-refractivity contribution in [3.8, 4) is 0 Å². The topological polar surface area (TPSA) is 113 Å². The number of aromatic nitrogens is 4. The molecule has 1 aliphatic rings. The Kier molecular flexibility index (Phi) is 7.49. The van der Waals surface area contributed by atoms with Crippen molar-refractivity contribution in [1.29, 1.82) is 0 Å². The number of hydrogen-bond donors (Lipinski definition) is 3. The number of rotatable bonds is 7. The van der Waals surface area contributed by atoms with E-state index >= 15 is 0 Å². The van der Waals surface area contributed by atoms with Crippen LogP contribution < -0.4 is 11.1 Å². The van der Waals surface area contributed by atoms with Crippen molar-refractivity contribution in [3.05, 3.63) is 58.1 Å². The molecular weight excluding hydrogens is 521 g/mol. The number of nitrogens with two attached hydrogens (primary N) is 1. The standard InChI is InChI=1S/C28H33Cl2N7O/c1-4-28(5-2)17(14-31)7-6-10-37(28)27(38)19-13-23-20(12-21(19)30)26(33-15-32-23)34-16(3)25-35-22-9-8-18(29)11-24(22)36-25/h8-9,11-13,15-17H,4-7,10,14,31H2,1-3H3,(H,35,36)(H,32,33,34)/t16-,17+/m1/s1. The molecule has 0 radical (unpaired) electrons. The number of hydrogen-bond acceptors (Lipinski definition) is 6. The van der Waals surface area contributed by atoms with Gasteiger partial charge in [0.25, 0.3) is 5.91 Å². The summed E-state index contributed by atoms with van der Waals surface area (Å²) in [7, 11) is 0. The first-order valence-electron chi connectivity index (χ1n) is 13.2. The van der Waals surface area contributed by atoms with Gasteiger partial charge in [0.2, 0.25) is 0 Å². The molecule has 1 fully saturated rings. The first kappa shape index (κ1) is 26.7. The Morgan fingerprint density at radius 1 is 1.21 bits per heavy atom.